The van der Waals surface area contributed by atoms with Crippen molar-refractivity contribution in [2.24, 2.45) is 10.9 Å². The molecule has 0 aliphatic heterocycles. The van der Waals surface area contributed by atoms with E-state index in [0.29, 0.717) is 0 Å². The summed E-state index contributed by atoms with van der Waals surface area (Å²) in [5.41, 5.74) is 4.58. The molecule has 0 bridgehead atoms. The van der Waals surface area contributed by atoms with Gasteiger partial charge in [-0.05, 0) is 25.0 Å². The van der Waals surface area contributed by atoms with Crippen molar-refractivity contribution in [3.8, 4) is 0 Å². The number of ketones is 1. The maximum atomic E-state index is 14.1. The molecule has 0 radical (unpaired) electrons. The highest BCUT2D eigenvalue weighted by Crippen LogP contribution is 2.34. The molecule has 0 amide bonds. The average Bonchev–Trinajstić information content (AvgIpc) is 2.96. The van der Waals surface area contributed by atoms with Gasteiger partial charge in [0.05, 0.1) is 28.9 Å². The smallest absolute Gasteiger partial charge is 0.147 e. The van der Waals surface area contributed by atoms with Crippen molar-refractivity contribution in [3.63, 3.8) is 0 Å². The molecule has 180 valence electrons. The summed E-state index contributed by atoms with van der Waals surface area (Å²) < 4.78 is 0. The van der Waals surface area contributed by atoms with Gasteiger partial charge in [-0.2, -0.15) is 0 Å². The van der Waals surface area contributed by atoms with Crippen molar-refractivity contribution in [1.82, 2.24) is 4.98 Å². The van der Waals surface area contributed by atoms with E-state index in [0.717, 1.165) is 59.1 Å². The highest BCUT2D eigenvalue weighted by Gasteiger charge is 2.35. The molecular weight excluding hydrogens is 440 g/mol. The molecule has 1 aliphatic rings. The molecular formula is C33H32N2O. The predicted octanol–water partition coefficient (Wildman–Crippen LogP) is 7.56. The number of hydrogen-bond acceptors (Lipinski definition) is 3. The van der Waals surface area contributed by atoms with Gasteiger partial charge < -0.3 is 0 Å². The molecule has 0 saturated heterocycles. The SMILES string of the molecule is C=C[C@H](N=C(c1ccccc1)c1ccccc1)[C@H](C(=O)C1CCCCC1)c1ccc2ccccc2n1. The molecule has 1 fully saturated rings. The van der Waals surface area contributed by atoms with Gasteiger partial charge in [0, 0.05) is 22.4 Å². The lowest BCUT2D eigenvalue weighted by Crippen LogP contribution is -2.32. The Morgan fingerprint density at radius 3 is 2.06 bits per heavy atom. The number of pyridine rings is 1. The summed E-state index contributed by atoms with van der Waals surface area (Å²) in [4.78, 5) is 24.4. The molecule has 0 spiro atoms. The van der Waals surface area contributed by atoms with Gasteiger partial charge >= 0.3 is 0 Å². The normalized spacial score (nSPS) is 15.7. The highest BCUT2D eigenvalue weighted by molar-refractivity contribution is 6.13. The lowest BCUT2D eigenvalue weighted by atomic mass is 9.78. The number of carbonyl (C=O) groups is 1. The van der Waals surface area contributed by atoms with Crippen molar-refractivity contribution in [2.75, 3.05) is 0 Å². The fourth-order valence-corrected chi connectivity index (χ4v) is 5.31. The van der Waals surface area contributed by atoms with Crippen molar-refractivity contribution in [2.45, 2.75) is 44.1 Å². The second-order valence-corrected chi connectivity index (χ2v) is 9.58. The topological polar surface area (TPSA) is 42.3 Å². The predicted molar refractivity (Wildman–Crippen MR) is 149 cm³/mol. The molecule has 3 aromatic carbocycles. The van der Waals surface area contributed by atoms with Crippen LogP contribution in [0.25, 0.3) is 10.9 Å². The Kier molecular flexibility index (Phi) is 7.47. The lowest BCUT2D eigenvalue weighted by Gasteiger charge is -2.28. The molecule has 1 aromatic heterocycles. The van der Waals surface area contributed by atoms with Gasteiger partial charge in [0.15, 0.2) is 0 Å². The third-order valence-corrected chi connectivity index (χ3v) is 7.21. The number of Topliss-reactive ketones (excluding diaryl/α,β-unsaturated/α-hetero) is 1. The minimum Gasteiger partial charge on any atom is -0.299 e. The third-order valence-electron chi connectivity index (χ3n) is 7.21. The number of rotatable bonds is 8. The van der Waals surface area contributed by atoms with Gasteiger partial charge in [-0.15, -0.1) is 6.58 Å². The van der Waals surface area contributed by atoms with Crippen molar-refractivity contribution in [1.29, 1.82) is 0 Å². The summed E-state index contributed by atoms with van der Waals surface area (Å²) in [7, 11) is 0. The van der Waals surface area contributed by atoms with Crippen molar-refractivity contribution >= 4 is 22.4 Å². The third kappa shape index (κ3) is 5.21. The first kappa shape index (κ1) is 23.9. The molecule has 1 aliphatic carbocycles. The van der Waals surface area contributed by atoms with Crippen LogP contribution in [0.3, 0.4) is 0 Å². The van der Waals surface area contributed by atoms with Crippen LogP contribution in [0.2, 0.25) is 0 Å². The van der Waals surface area contributed by atoms with E-state index in [2.05, 4.69) is 43.0 Å². The van der Waals surface area contributed by atoms with E-state index in [1.807, 2.05) is 66.7 Å². The first-order valence-corrected chi connectivity index (χ1v) is 12.9. The fourth-order valence-electron chi connectivity index (χ4n) is 5.31. The molecule has 0 unspecified atom stereocenters. The highest BCUT2D eigenvalue weighted by atomic mass is 16.1. The number of nitrogens with zero attached hydrogens (tertiary/aromatic N) is 2. The molecule has 3 nitrogen and oxygen atoms in total. The van der Waals surface area contributed by atoms with E-state index < -0.39 is 12.0 Å². The number of aromatic nitrogens is 1. The number of fused-ring (bicyclic) bond motifs is 1. The largest absolute Gasteiger partial charge is 0.299 e. The zero-order valence-corrected chi connectivity index (χ0v) is 20.6. The molecule has 5 rings (SSSR count). The molecule has 2 atom stereocenters. The number of para-hydroxylation sites is 1. The molecule has 3 heteroatoms. The van der Waals surface area contributed by atoms with Crippen LogP contribution in [-0.2, 0) is 4.79 Å². The van der Waals surface area contributed by atoms with E-state index in [1.54, 1.807) is 0 Å². The first-order chi connectivity index (χ1) is 17.7. The average molecular weight is 473 g/mol. The van der Waals surface area contributed by atoms with E-state index in [1.165, 1.54) is 6.42 Å². The van der Waals surface area contributed by atoms with Crippen LogP contribution in [0.4, 0.5) is 0 Å². The zero-order chi connectivity index (χ0) is 24.7. The van der Waals surface area contributed by atoms with Crippen LogP contribution in [0, 0.1) is 5.92 Å². The fraction of sp³-hybridized carbons (Fsp3) is 0.242. The van der Waals surface area contributed by atoms with E-state index in [4.69, 9.17) is 9.98 Å². The minimum atomic E-state index is -0.474. The molecule has 4 aromatic rings. The summed E-state index contributed by atoms with van der Waals surface area (Å²) in [6, 6.07) is 32.1. The minimum absolute atomic E-state index is 0.0478. The molecule has 1 saturated carbocycles. The van der Waals surface area contributed by atoms with Gasteiger partial charge in [0.2, 0.25) is 0 Å². The quantitative estimate of drug-likeness (QED) is 0.196. The summed E-state index contributed by atoms with van der Waals surface area (Å²) in [6.07, 6.45) is 7.14. The Morgan fingerprint density at radius 2 is 1.42 bits per heavy atom. The summed E-state index contributed by atoms with van der Waals surface area (Å²) >= 11 is 0. The van der Waals surface area contributed by atoms with Gasteiger partial charge in [-0.25, -0.2) is 0 Å². The second-order valence-electron chi connectivity index (χ2n) is 9.58. The first-order valence-electron chi connectivity index (χ1n) is 12.9. The monoisotopic (exact) mass is 472 g/mol. The molecule has 0 N–H and O–H groups in total. The number of hydrogen-bond donors (Lipinski definition) is 0. The van der Waals surface area contributed by atoms with Crippen LogP contribution in [-0.4, -0.2) is 22.5 Å². The van der Waals surface area contributed by atoms with Crippen molar-refractivity contribution < 1.29 is 4.79 Å². The van der Waals surface area contributed by atoms with Gasteiger partial charge in [0.25, 0.3) is 0 Å². The van der Waals surface area contributed by atoms with Gasteiger partial charge in [-0.1, -0.05) is 110 Å². The van der Waals surface area contributed by atoms with E-state index in [9.17, 15) is 4.79 Å². The summed E-state index contributed by atoms with van der Waals surface area (Å²) in [5, 5.41) is 1.07. The standard InChI is InChI=1S/C33H32N2O/c1-2-28(35-32(25-15-6-3-7-16-25)26-17-8-4-9-18-26)31(33(36)27-19-10-5-11-20-27)30-23-22-24-14-12-13-21-29(24)34-30/h2-4,6-9,12-18,21-23,27-28,31H,1,5,10-11,19-20H2/t28-,31-/m0/s1. The second kappa shape index (κ2) is 11.3. The summed E-state index contributed by atoms with van der Waals surface area (Å²) in [5.74, 6) is -0.184. The number of benzene rings is 3. The van der Waals surface area contributed by atoms with Gasteiger partial charge in [0.1, 0.15) is 5.78 Å². The Hall–Kier alpha value is -3.85. The maximum Gasteiger partial charge on any atom is 0.147 e. The lowest BCUT2D eigenvalue weighted by molar-refractivity contribution is -0.125. The van der Waals surface area contributed by atoms with Crippen LogP contribution in [0.1, 0.15) is 54.8 Å². The van der Waals surface area contributed by atoms with Gasteiger partial charge in [-0.3, -0.25) is 14.8 Å². The maximum absolute atomic E-state index is 14.1. The van der Waals surface area contributed by atoms with Crippen molar-refractivity contribution in [3.05, 3.63) is 127 Å². The van der Waals surface area contributed by atoms with Crippen LogP contribution < -0.4 is 0 Å². The van der Waals surface area contributed by atoms with Crippen LogP contribution in [0.5, 0.6) is 0 Å². The molecule has 1 heterocycles. The Labute approximate surface area is 213 Å². The Balaban J connectivity index is 1.63. The van der Waals surface area contributed by atoms with Crippen LogP contribution in [0.15, 0.2) is 115 Å². The Bertz CT molecular complexity index is 1310. The van der Waals surface area contributed by atoms with Crippen LogP contribution >= 0.6 is 0 Å². The molecule has 36 heavy (non-hydrogen) atoms. The number of aliphatic imine (C=N–C) groups is 1. The van der Waals surface area contributed by atoms with E-state index in [-0.39, 0.29) is 11.7 Å². The number of carbonyl (C=O) groups excluding carboxylic acids is 1. The summed E-state index contributed by atoms with van der Waals surface area (Å²) in [6.45, 7) is 4.15. The Morgan fingerprint density at radius 1 is 0.806 bits per heavy atom. The van der Waals surface area contributed by atoms with E-state index >= 15 is 0 Å². The zero-order valence-electron chi connectivity index (χ0n) is 20.6.